The average Bonchev–Trinajstić information content (AvgIpc) is 3.27. The van der Waals surface area contributed by atoms with Crippen molar-refractivity contribution in [1.82, 2.24) is 10.3 Å². The van der Waals surface area contributed by atoms with Gasteiger partial charge < -0.3 is 5.32 Å². The Bertz CT molecular complexity index is 668. The Morgan fingerprint density at radius 2 is 2.05 bits per heavy atom. The van der Waals surface area contributed by atoms with Gasteiger partial charge in [-0.2, -0.15) is 0 Å². The first-order chi connectivity index (χ1) is 10.1. The molecule has 1 N–H and O–H groups in total. The van der Waals surface area contributed by atoms with Crippen molar-refractivity contribution in [3.63, 3.8) is 0 Å². The lowest BCUT2D eigenvalue weighted by atomic mass is 10.0. The number of benzene rings is 1. The first-order valence-electron chi connectivity index (χ1n) is 6.75. The van der Waals surface area contributed by atoms with Crippen LogP contribution in [-0.2, 0) is 5.41 Å². The van der Waals surface area contributed by atoms with Crippen LogP contribution < -0.4 is 5.32 Å². The molecule has 108 valence electrons. The lowest BCUT2D eigenvalue weighted by Gasteiger charge is -2.16. The fraction of sp³-hybridized carbons (Fsp3) is 0.250. The third-order valence-corrected chi connectivity index (χ3v) is 5.24. The van der Waals surface area contributed by atoms with Crippen LogP contribution in [-0.4, -0.2) is 17.4 Å². The molecular formula is C16H14BrIN2O. The number of nitrogens with zero attached hydrogens (tertiary/aromatic N) is 1. The summed E-state index contributed by atoms with van der Waals surface area (Å²) in [6, 6.07) is 11.7. The molecule has 3 nitrogen and oxygen atoms in total. The largest absolute Gasteiger partial charge is 0.351 e. The third-order valence-electron chi connectivity index (χ3n) is 3.83. The van der Waals surface area contributed by atoms with Crippen molar-refractivity contribution in [2.75, 3.05) is 6.54 Å². The van der Waals surface area contributed by atoms with E-state index >= 15 is 0 Å². The molecule has 0 aliphatic heterocycles. The Morgan fingerprint density at radius 3 is 2.67 bits per heavy atom. The van der Waals surface area contributed by atoms with Crippen molar-refractivity contribution in [1.29, 1.82) is 0 Å². The first kappa shape index (κ1) is 15.0. The van der Waals surface area contributed by atoms with Crippen LogP contribution in [0.2, 0.25) is 0 Å². The molecule has 0 atom stereocenters. The first-order valence-corrected chi connectivity index (χ1v) is 8.63. The molecule has 1 saturated carbocycles. The maximum absolute atomic E-state index is 12.3. The second-order valence-corrected chi connectivity index (χ2v) is 7.38. The Labute approximate surface area is 145 Å². The summed E-state index contributed by atoms with van der Waals surface area (Å²) < 4.78 is 1.95. The van der Waals surface area contributed by atoms with Gasteiger partial charge in [0.2, 0.25) is 0 Å². The van der Waals surface area contributed by atoms with Crippen LogP contribution in [0.15, 0.2) is 47.1 Å². The summed E-state index contributed by atoms with van der Waals surface area (Å²) in [6.45, 7) is 0.644. The number of pyridine rings is 1. The summed E-state index contributed by atoms with van der Waals surface area (Å²) in [5, 5.41) is 3.06. The van der Waals surface area contributed by atoms with Crippen molar-refractivity contribution in [2.24, 2.45) is 0 Å². The summed E-state index contributed by atoms with van der Waals surface area (Å²) in [5.74, 6) is -0.0108. The molecule has 2 aromatic rings. The molecule has 0 bridgehead atoms. The van der Waals surface area contributed by atoms with E-state index in [9.17, 15) is 4.79 Å². The summed E-state index contributed by atoms with van der Waals surface area (Å²) in [6.07, 6.45) is 3.97. The van der Waals surface area contributed by atoms with Crippen LogP contribution in [0.1, 0.15) is 28.9 Å². The molecule has 1 heterocycles. The number of hydrogen-bond acceptors (Lipinski definition) is 2. The van der Waals surface area contributed by atoms with Crippen molar-refractivity contribution in [3.05, 3.63) is 61.9 Å². The molecular weight excluding hydrogens is 443 g/mol. The van der Waals surface area contributed by atoms with Crippen LogP contribution in [0.5, 0.6) is 0 Å². The molecule has 1 aromatic carbocycles. The summed E-state index contributed by atoms with van der Waals surface area (Å²) in [4.78, 5) is 16.8. The normalized spacial score (nSPS) is 15.5. The zero-order valence-electron chi connectivity index (χ0n) is 11.3. The topological polar surface area (TPSA) is 42.0 Å². The van der Waals surface area contributed by atoms with E-state index in [1.165, 1.54) is 0 Å². The number of nitrogens with one attached hydrogen (secondary N) is 1. The Morgan fingerprint density at radius 1 is 1.29 bits per heavy atom. The fourth-order valence-corrected chi connectivity index (χ4v) is 3.22. The molecule has 0 unspecified atom stereocenters. The lowest BCUT2D eigenvalue weighted by Crippen LogP contribution is -2.33. The van der Waals surface area contributed by atoms with Gasteiger partial charge in [-0.1, -0.05) is 12.1 Å². The molecule has 1 fully saturated rings. The number of aromatic nitrogens is 1. The van der Waals surface area contributed by atoms with E-state index in [0.717, 1.165) is 32.1 Å². The predicted octanol–water partition coefficient (Wildman–Crippen LogP) is 3.91. The lowest BCUT2D eigenvalue weighted by molar-refractivity contribution is 0.0948. The number of halogens is 2. The second kappa shape index (κ2) is 6.04. The molecule has 1 aliphatic carbocycles. The number of amides is 1. The van der Waals surface area contributed by atoms with Crippen molar-refractivity contribution < 1.29 is 4.79 Å². The van der Waals surface area contributed by atoms with Gasteiger partial charge >= 0.3 is 0 Å². The van der Waals surface area contributed by atoms with E-state index < -0.39 is 0 Å². The molecule has 1 aliphatic rings. The van der Waals surface area contributed by atoms with Crippen LogP contribution >= 0.6 is 38.5 Å². The van der Waals surface area contributed by atoms with Gasteiger partial charge in [0.1, 0.15) is 0 Å². The van der Waals surface area contributed by atoms with Crippen molar-refractivity contribution >= 4 is 44.4 Å². The number of hydrogen-bond donors (Lipinski definition) is 1. The van der Waals surface area contributed by atoms with Gasteiger partial charge in [-0.25, -0.2) is 0 Å². The second-order valence-electron chi connectivity index (χ2n) is 5.30. The Hall–Kier alpha value is -0.950. The van der Waals surface area contributed by atoms with Crippen LogP contribution in [0.25, 0.3) is 0 Å². The predicted molar refractivity (Wildman–Crippen MR) is 94.3 cm³/mol. The molecule has 1 amide bonds. The summed E-state index contributed by atoms with van der Waals surface area (Å²) in [7, 11) is 0. The van der Waals surface area contributed by atoms with Gasteiger partial charge in [-0.05, 0) is 75.6 Å². The number of carbonyl (C=O) groups is 1. The van der Waals surface area contributed by atoms with E-state index in [4.69, 9.17) is 0 Å². The molecule has 1 aromatic heterocycles. The number of rotatable bonds is 4. The highest BCUT2D eigenvalue weighted by atomic mass is 127. The van der Waals surface area contributed by atoms with Gasteiger partial charge in [0.05, 0.1) is 5.56 Å². The van der Waals surface area contributed by atoms with Crippen molar-refractivity contribution in [2.45, 2.75) is 18.3 Å². The van der Waals surface area contributed by atoms with E-state index in [-0.39, 0.29) is 11.3 Å². The van der Waals surface area contributed by atoms with Crippen LogP contribution in [0, 0.1) is 3.57 Å². The maximum atomic E-state index is 12.3. The Kier molecular flexibility index (Phi) is 4.31. The summed E-state index contributed by atoms with van der Waals surface area (Å²) in [5.41, 5.74) is 1.82. The average molecular weight is 457 g/mol. The third kappa shape index (κ3) is 3.29. The monoisotopic (exact) mass is 456 g/mol. The van der Waals surface area contributed by atoms with E-state index in [0.29, 0.717) is 6.54 Å². The van der Waals surface area contributed by atoms with E-state index in [1.807, 2.05) is 42.6 Å². The van der Waals surface area contributed by atoms with Gasteiger partial charge in [-0.3, -0.25) is 9.78 Å². The standard InChI is InChI=1S/C16H14BrIN2O/c17-11-5-6-14(19-9-11)16(7-8-16)10-20-15(21)12-3-1-2-4-13(12)18/h1-6,9H,7-8,10H2,(H,20,21). The zero-order chi connectivity index (χ0) is 14.9. The maximum Gasteiger partial charge on any atom is 0.252 e. The van der Waals surface area contributed by atoms with Gasteiger partial charge in [0, 0.05) is 31.9 Å². The quantitative estimate of drug-likeness (QED) is 0.708. The minimum absolute atomic E-state index is 0.0108. The van der Waals surface area contributed by atoms with Gasteiger partial charge in [0.25, 0.3) is 5.91 Å². The van der Waals surface area contributed by atoms with E-state index in [1.54, 1.807) is 0 Å². The van der Waals surface area contributed by atoms with Crippen LogP contribution in [0.3, 0.4) is 0 Å². The Balaban J connectivity index is 1.69. The molecule has 3 rings (SSSR count). The molecule has 5 heteroatoms. The minimum Gasteiger partial charge on any atom is -0.351 e. The molecule has 0 radical (unpaired) electrons. The molecule has 21 heavy (non-hydrogen) atoms. The van der Waals surface area contributed by atoms with Gasteiger partial charge in [0.15, 0.2) is 0 Å². The SMILES string of the molecule is O=C(NCC1(c2ccc(Br)cn2)CC1)c1ccccc1I. The highest BCUT2D eigenvalue weighted by molar-refractivity contribution is 14.1. The number of carbonyl (C=O) groups excluding carboxylic acids is 1. The molecule has 0 saturated heterocycles. The van der Waals surface area contributed by atoms with Gasteiger partial charge in [-0.15, -0.1) is 0 Å². The van der Waals surface area contributed by atoms with Crippen LogP contribution in [0.4, 0.5) is 0 Å². The summed E-state index contributed by atoms with van der Waals surface area (Å²) >= 11 is 5.59. The fourth-order valence-electron chi connectivity index (χ4n) is 2.35. The highest BCUT2D eigenvalue weighted by Gasteiger charge is 2.45. The van der Waals surface area contributed by atoms with E-state index in [2.05, 4.69) is 48.8 Å². The van der Waals surface area contributed by atoms with Crippen molar-refractivity contribution in [3.8, 4) is 0 Å². The smallest absolute Gasteiger partial charge is 0.252 e. The highest BCUT2D eigenvalue weighted by Crippen LogP contribution is 2.46. The zero-order valence-corrected chi connectivity index (χ0v) is 15.0. The molecule has 0 spiro atoms. The minimum atomic E-state index is -0.0108.